The summed E-state index contributed by atoms with van der Waals surface area (Å²) in [4.78, 5) is 14.0. The van der Waals surface area contributed by atoms with Gasteiger partial charge in [0.25, 0.3) is 0 Å². The average Bonchev–Trinajstić information content (AvgIpc) is 2.76. The molecule has 1 aliphatic rings. The minimum atomic E-state index is 0.150. The molecule has 1 aliphatic heterocycles. The molecule has 1 amide bonds. The van der Waals surface area contributed by atoms with E-state index in [0.29, 0.717) is 19.6 Å². The average molecular weight is 267 g/mol. The van der Waals surface area contributed by atoms with Crippen molar-refractivity contribution in [1.29, 1.82) is 0 Å². The Balaban J connectivity index is 1.86. The summed E-state index contributed by atoms with van der Waals surface area (Å²) in [6.07, 6.45) is 0.461. The van der Waals surface area contributed by atoms with Gasteiger partial charge in [-0.15, -0.1) is 0 Å². The fraction of sp³-hybridized carbons (Fsp3) is 0.235. The van der Waals surface area contributed by atoms with Gasteiger partial charge in [0.2, 0.25) is 5.91 Å². The topological polar surface area (TPSA) is 29.5 Å². The number of hydrogen-bond acceptors (Lipinski definition) is 2. The van der Waals surface area contributed by atoms with E-state index in [1.807, 2.05) is 60.4 Å². The third kappa shape index (κ3) is 2.39. The van der Waals surface area contributed by atoms with Crippen LogP contribution in [0, 0.1) is 0 Å². The fourth-order valence-corrected chi connectivity index (χ4v) is 2.56. The molecule has 2 aromatic rings. The molecule has 3 rings (SSSR count). The molecule has 0 saturated carbocycles. The third-order valence-corrected chi connectivity index (χ3v) is 3.48. The SMILES string of the molecule is CCOc1ccc2c(c1)CC(=O)N2Cc1ccccc1. The first-order valence-electron chi connectivity index (χ1n) is 6.88. The third-order valence-electron chi connectivity index (χ3n) is 3.48. The minimum Gasteiger partial charge on any atom is -0.494 e. The number of carbonyl (C=O) groups excluding carboxylic acids is 1. The van der Waals surface area contributed by atoms with Crippen LogP contribution in [0.25, 0.3) is 0 Å². The maximum Gasteiger partial charge on any atom is 0.231 e. The number of anilines is 1. The second-order valence-corrected chi connectivity index (χ2v) is 4.87. The van der Waals surface area contributed by atoms with Crippen LogP contribution in [0.1, 0.15) is 18.1 Å². The lowest BCUT2D eigenvalue weighted by Gasteiger charge is -2.17. The zero-order valence-electron chi connectivity index (χ0n) is 11.5. The van der Waals surface area contributed by atoms with Gasteiger partial charge in [-0.3, -0.25) is 4.79 Å². The molecule has 0 aliphatic carbocycles. The molecule has 3 nitrogen and oxygen atoms in total. The summed E-state index contributed by atoms with van der Waals surface area (Å²) < 4.78 is 5.49. The Labute approximate surface area is 118 Å². The summed E-state index contributed by atoms with van der Waals surface area (Å²) in [5.74, 6) is 0.984. The van der Waals surface area contributed by atoms with Gasteiger partial charge in [0.1, 0.15) is 5.75 Å². The van der Waals surface area contributed by atoms with Crippen LogP contribution in [0.4, 0.5) is 5.69 Å². The van der Waals surface area contributed by atoms with E-state index in [4.69, 9.17) is 4.74 Å². The van der Waals surface area contributed by atoms with Gasteiger partial charge in [0.05, 0.1) is 19.6 Å². The summed E-state index contributed by atoms with van der Waals surface area (Å²) in [5.41, 5.74) is 3.20. The molecule has 0 fully saturated rings. The summed E-state index contributed by atoms with van der Waals surface area (Å²) in [6, 6.07) is 15.9. The van der Waals surface area contributed by atoms with Crippen LogP contribution >= 0.6 is 0 Å². The van der Waals surface area contributed by atoms with E-state index in [-0.39, 0.29) is 5.91 Å². The van der Waals surface area contributed by atoms with Gasteiger partial charge < -0.3 is 9.64 Å². The van der Waals surface area contributed by atoms with E-state index < -0.39 is 0 Å². The Hall–Kier alpha value is -2.29. The van der Waals surface area contributed by atoms with Gasteiger partial charge in [0.15, 0.2) is 0 Å². The van der Waals surface area contributed by atoms with E-state index in [2.05, 4.69) is 0 Å². The van der Waals surface area contributed by atoms with Crippen molar-refractivity contribution < 1.29 is 9.53 Å². The number of fused-ring (bicyclic) bond motifs is 1. The Kier molecular flexibility index (Phi) is 3.42. The van der Waals surface area contributed by atoms with Crippen LogP contribution in [0.2, 0.25) is 0 Å². The molecular weight excluding hydrogens is 250 g/mol. The number of benzene rings is 2. The second kappa shape index (κ2) is 5.37. The van der Waals surface area contributed by atoms with Crippen LogP contribution in [0.5, 0.6) is 5.75 Å². The highest BCUT2D eigenvalue weighted by Gasteiger charge is 2.27. The second-order valence-electron chi connectivity index (χ2n) is 4.87. The van der Waals surface area contributed by atoms with Crippen molar-refractivity contribution in [2.45, 2.75) is 19.9 Å². The normalized spacial score (nSPS) is 13.4. The van der Waals surface area contributed by atoms with Gasteiger partial charge in [-0.05, 0) is 36.2 Å². The van der Waals surface area contributed by atoms with E-state index in [1.165, 1.54) is 0 Å². The molecule has 0 spiro atoms. The largest absolute Gasteiger partial charge is 0.494 e. The number of carbonyl (C=O) groups is 1. The number of rotatable bonds is 4. The van der Waals surface area contributed by atoms with E-state index >= 15 is 0 Å². The van der Waals surface area contributed by atoms with Crippen LogP contribution in [-0.4, -0.2) is 12.5 Å². The lowest BCUT2D eigenvalue weighted by molar-refractivity contribution is -0.117. The Bertz CT molecular complexity index is 622. The molecule has 0 aromatic heterocycles. The highest BCUT2D eigenvalue weighted by Crippen LogP contribution is 2.33. The first-order valence-corrected chi connectivity index (χ1v) is 6.88. The molecule has 0 unspecified atom stereocenters. The van der Waals surface area contributed by atoms with Crippen molar-refractivity contribution in [3.8, 4) is 5.75 Å². The zero-order valence-corrected chi connectivity index (χ0v) is 11.5. The van der Waals surface area contributed by atoms with Gasteiger partial charge in [-0.1, -0.05) is 30.3 Å². The number of amides is 1. The van der Waals surface area contributed by atoms with E-state index in [9.17, 15) is 4.79 Å². The van der Waals surface area contributed by atoms with Crippen LogP contribution in [-0.2, 0) is 17.8 Å². The molecular formula is C17H17NO2. The summed E-state index contributed by atoms with van der Waals surface area (Å²) in [6.45, 7) is 3.22. The molecule has 20 heavy (non-hydrogen) atoms. The van der Waals surface area contributed by atoms with Crippen molar-refractivity contribution in [2.24, 2.45) is 0 Å². The highest BCUT2D eigenvalue weighted by molar-refractivity contribution is 6.01. The molecule has 3 heteroatoms. The van der Waals surface area contributed by atoms with Gasteiger partial charge in [-0.25, -0.2) is 0 Å². The molecule has 2 aromatic carbocycles. The smallest absolute Gasteiger partial charge is 0.231 e. The monoisotopic (exact) mass is 267 g/mol. The van der Waals surface area contributed by atoms with Crippen molar-refractivity contribution in [1.82, 2.24) is 0 Å². The van der Waals surface area contributed by atoms with E-state index in [1.54, 1.807) is 0 Å². The maximum absolute atomic E-state index is 12.2. The summed E-state index contributed by atoms with van der Waals surface area (Å²) in [7, 11) is 0. The first-order chi connectivity index (χ1) is 9.78. The van der Waals surface area contributed by atoms with Crippen LogP contribution in [0.15, 0.2) is 48.5 Å². The van der Waals surface area contributed by atoms with Crippen molar-refractivity contribution in [3.63, 3.8) is 0 Å². The van der Waals surface area contributed by atoms with Crippen molar-refractivity contribution in [3.05, 3.63) is 59.7 Å². The highest BCUT2D eigenvalue weighted by atomic mass is 16.5. The Morgan fingerprint density at radius 1 is 1.15 bits per heavy atom. The number of ether oxygens (including phenoxy) is 1. The maximum atomic E-state index is 12.2. The Morgan fingerprint density at radius 2 is 1.95 bits per heavy atom. The predicted molar refractivity (Wildman–Crippen MR) is 78.9 cm³/mol. The number of nitrogens with zero attached hydrogens (tertiary/aromatic N) is 1. The van der Waals surface area contributed by atoms with E-state index in [0.717, 1.165) is 22.6 Å². The van der Waals surface area contributed by atoms with Gasteiger partial charge in [0, 0.05) is 5.69 Å². The molecule has 0 bridgehead atoms. The lowest BCUT2D eigenvalue weighted by atomic mass is 10.1. The number of hydrogen-bond donors (Lipinski definition) is 0. The zero-order chi connectivity index (χ0) is 13.9. The molecule has 0 radical (unpaired) electrons. The molecule has 0 N–H and O–H groups in total. The van der Waals surface area contributed by atoms with Crippen LogP contribution in [0.3, 0.4) is 0 Å². The Morgan fingerprint density at radius 3 is 2.70 bits per heavy atom. The lowest BCUT2D eigenvalue weighted by Crippen LogP contribution is -2.25. The first kappa shape index (κ1) is 12.7. The quantitative estimate of drug-likeness (QED) is 0.851. The van der Waals surface area contributed by atoms with Gasteiger partial charge >= 0.3 is 0 Å². The standard InChI is InChI=1S/C17H17NO2/c1-2-20-15-8-9-16-14(10-15)11-17(19)18(16)12-13-6-4-3-5-7-13/h3-10H,2,11-12H2,1H3. The van der Waals surface area contributed by atoms with Crippen LogP contribution < -0.4 is 9.64 Å². The van der Waals surface area contributed by atoms with Gasteiger partial charge in [-0.2, -0.15) is 0 Å². The molecule has 0 atom stereocenters. The molecule has 102 valence electrons. The fourth-order valence-electron chi connectivity index (χ4n) is 2.56. The molecule has 1 heterocycles. The van der Waals surface area contributed by atoms with Crippen molar-refractivity contribution >= 4 is 11.6 Å². The summed E-state index contributed by atoms with van der Waals surface area (Å²) in [5, 5.41) is 0. The predicted octanol–water partition coefficient (Wildman–Crippen LogP) is 3.17. The molecule has 0 saturated heterocycles. The minimum absolute atomic E-state index is 0.150. The summed E-state index contributed by atoms with van der Waals surface area (Å²) >= 11 is 0. The van der Waals surface area contributed by atoms with Crippen molar-refractivity contribution in [2.75, 3.05) is 11.5 Å².